The fourth-order valence-electron chi connectivity index (χ4n) is 2.67. The van der Waals surface area contributed by atoms with E-state index >= 15 is 0 Å². The largest absolute Gasteiger partial charge is 0.324 e. The van der Waals surface area contributed by atoms with Crippen LogP contribution in [-0.2, 0) is 9.59 Å². The number of hydrogen-bond acceptors (Lipinski definition) is 4. The maximum absolute atomic E-state index is 12.5. The molecule has 28 heavy (non-hydrogen) atoms. The summed E-state index contributed by atoms with van der Waals surface area (Å²) in [7, 11) is 0. The third-order valence-corrected chi connectivity index (χ3v) is 5.10. The second kappa shape index (κ2) is 8.71. The van der Waals surface area contributed by atoms with Crippen LogP contribution >= 0.6 is 11.8 Å². The molecular formula is C22H20N2O3S. The lowest BCUT2D eigenvalue weighted by atomic mass is 10.1. The number of anilines is 1. The van der Waals surface area contributed by atoms with Crippen LogP contribution in [0.5, 0.6) is 0 Å². The van der Waals surface area contributed by atoms with Crippen LogP contribution in [0.4, 0.5) is 10.5 Å². The van der Waals surface area contributed by atoms with Crippen LogP contribution < -0.4 is 5.32 Å². The zero-order valence-corrected chi connectivity index (χ0v) is 16.5. The van der Waals surface area contributed by atoms with Crippen LogP contribution in [0.3, 0.4) is 0 Å². The number of rotatable bonds is 5. The van der Waals surface area contributed by atoms with Gasteiger partial charge in [-0.15, -0.1) is 0 Å². The topological polar surface area (TPSA) is 66.5 Å². The van der Waals surface area contributed by atoms with Crippen LogP contribution in [0.2, 0.25) is 0 Å². The summed E-state index contributed by atoms with van der Waals surface area (Å²) in [6.45, 7) is 3.51. The molecule has 0 aliphatic carbocycles. The number of benzene rings is 2. The molecule has 1 aliphatic heterocycles. The number of hydrogen-bond donors (Lipinski definition) is 1. The average Bonchev–Trinajstić information content (AvgIpc) is 2.93. The van der Waals surface area contributed by atoms with Crippen molar-refractivity contribution in [2.45, 2.75) is 13.8 Å². The number of aryl methyl sites for hydroxylation is 2. The Bertz CT molecular complexity index is 981. The third kappa shape index (κ3) is 4.78. The number of imide groups is 1. The van der Waals surface area contributed by atoms with Crippen molar-refractivity contribution in [3.8, 4) is 0 Å². The molecule has 3 amide bonds. The van der Waals surface area contributed by atoms with E-state index in [1.807, 2.05) is 68.5 Å². The zero-order valence-electron chi connectivity index (χ0n) is 15.6. The highest BCUT2D eigenvalue weighted by Crippen LogP contribution is 2.30. The van der Waals surface area contributed by atoms with Crippen molar-refractivity contribution in [3.05, 3.63) is 82.3 Å². The van der Waals surface area contributed by atoms with Gasteiger partial charge in [0, 0.05) is 5.69 Å². The fraction of sp³-hybridized carbons (Fsp3) is 0.136. The van der Waals surface area contributed by atoms with Crippen LogP contribution in [0, 0.1) is 13.8 Å². The third-order valence-electron chi connectivity index (χ3n) is 4.18. The minimum atomic E-state index is -0.455. The molecule has 1 N–H and O–H groups in total. The lowest BCUT2D eigenvalue weighted by molar-refractivity contribution is -0.127. The Hall–Kier alpha value is -3.12. The molecule has 1 saturated heterocycles. The van der Waals surface area contributed by atoms with E-state index in [0.29, 0.717) is 10.6 Å². The highest BCUT2D eigenvalue weighted by Gasteiger charge is 2.36. The molecule has 0 atom stereocenters. The molecule has 0 spiro atoms. The van der Waals surface area contributed by atoms with Gasteiger partial charge in [0.15, 0.2) is 0 Å². The molecule has 5 nitrogen and oxygen atoms in total. The molecule has 1 heterocycles. The first-order valence-electron chi connectivity index (χ1n) is 8.78. The van der Waals surface area contributed by atoms with Crippen molar-refractivity contribution in [1.29, 1.82) is 0 Å². The van der Waals surface area contributed by atoms with Crippen molar-refractivity contribution in [2.75, 3.05) is 11.9 Å². The summed E-state index contributed by atoms with van der Waals surface area (Å²) in [5, 5.41) is 2.33. The lowest BCUT2D eigenvalue weighted by Gasteiger charge is -2.14. The maximum Gasteiger partial charge on any atom is 0.294 e. The van der Waals surface area contributed by atoms with Crippen molar-refractivity contribution in [2.24, 2.45) is 0 Å². The minimum Gasteiger partial charge on any atom is -0.324 e. The maximum atomic E-state index is 12.5. The Labute approximate surface area is 168 Å². The number of thioether (sulfide) groups is 1. The number of amides is 3. The molecule has 0 unspecified atom stereocenters. The molecule has 0 bridgehead atoms. The second-order valence-corrected chi connectivity index (χ2v) is 7.42. The van der Waals surface area contributed by atoms with Gasteiger partial charge in [-0.25, -0.2) is 0 Å². The summed E-state index contributed by atoms with van der Waals surface area (Å²) in [6, 6.07) is 15.4. The smallest absolute Gasteiger partial charge is 0.294 e. The first-order valence-corrected chi connectivity index (χ1v) is 9.60. The minimum absolute atomic E-state index is 0.303. The molecule has 0 radical (unpaired) electrons. The Kier molecular flexibility index (Phi) is 6.11. The fourth-order valence-corrected chi connectivity index (χ4v) is 3.45. The summed E-state index contributed by atoms with van der Waals surface area (Å²) >= 11 is 0.838. The zero-order chi connectivity index (χ0) is 20.1. The van der Waals surface area contributed by atoms with Crippen molar-refractivity contribution < 1.29 is 14.4 Å². The number of nitrogens with zero attached hydrogens (tertiary/aromatic N) is 1. The Morgan fingerprint density at radius 2 is 1.86 bits per heavy atom. The number of carbonyl (C=O) groups excluding carboxylic acids is 3. The Balaban J connectivity index is 1.65. The van der Waals surface area contributed by atoms with Gasteiger partial charge in [-0.3, -0.25) is 19.3 Å². The van der Waals surface area contributed by atoms with Gasteiger partial charge in [0.25, 0.3) is 11.1 Å². The van der Waals surface area contributed by atoms with Crippen LogP contribution in [0.25, 0.3) is 6.08 Å². The summed E-state index contributed by atoms with van der Waals surface area (Å²) in [4.78, 5) is 38.2. The van der Waals surface area contributed by atoms with Crippen molar-refractivity contribution >= 4 is 40.6 Å². The van der Waals surface area contributed by atoms with Gasteiger partial charge in [0.2, 0.25) is 5.91 Å². The van der Waals surface area contributed by atoms with E-state index < -0.39 is 17.1 Å². The molecule has 1 fully saturated rings. The van der Waals surface area contributed by atoms with Gasteiger partial charge in [0.05, 0.1) is 4.91 Å². The standard InChI is InChI=1S/C22H20N2O3S/c1-15-11-12-16(2)18(13-15)23-20(25)14-24-21(26)19(28-22(24)27)10-6-9-17-7-4-3-5-8-17/h3-13H,14H2,1-2H3,(H,23,25)/b9-6+,19-10+. The van der Waals surface area contributed by atoms with Crippen molar-refractivity contribution in [3.63, 3.8) is 0 Å². The van der Waals surface area contributed by atoms with Crippen LogP contribution in [0.1, 0.15) is 16.7 Å². The predicted molar refractivity (Wildman–Crippen MR) is 113 cm³/mol. The summed E-state index contributed by atoms with van der Waals surface area (Å²) < 4.78 is 0. The van der Waals surface area contributed by atoms with Crippen LogP contribution in [-0.4, -0.2) is 28.5 Å². The molecule has 2 aromatic carbocycles. The van der Waals surface area contributed by atoms with Gasteiger partial charge >= 0.3 is 0 Å². The van der Waals surface area contributed by atoms with Gasteiger partial charge in [-0.05, 0) is 54.4 Å². The predicted octanol–water partition coefficient (Wildman–Crippen LogP) is 4.53. The van der Waals surface area contributed by atoms with Crippen molar-refractivity contribution in [1.82, 2.24) is 4.90 Å². The quantitative estimate of drug-likeness (QED) is 0.759. The summed E-state index contributed by atoms with van der Waals surface area (Å²) in [5.41, 5.74) is 3.60. The molecule has 0 saturated carbocycles. The highest BCUT2D eigenvalue weighted by atomic mass is 32.2. The summed E-state index contributed by atoms with van der Waals surface area (Å²) in [6.07, 6.45) is 5.17. The van der Waals surface area contributed by atoms with E-state index in [-0.39, 0.29) is 6.54 Å². The van der Waals surface area contributed by atoms with Gasteiger partial charge in [0.1, 0.15) is 6.54 Å². The molecule has 1 aliphatic rings. The van der Waals surface area contributed by atoms with E-state index in [4.69, 9.17) is 0 Å². The van der Waals surface area contributed by atoms with Gasteiger partial charge < -0.3 is 5.32 Å². The number of carbonyl (C=O) groups is 3. The van der Waals surface area contributed by atoms with Crippen LogP contribution in [0.15, 0.2) is 65.6 Å². The van der Waals surface area contributed by atoms with E-state index in [2.05, 4.69) is 5.32 Å². The van der Waals surface area contributed by atoms with E-state index in [1.165, 1.54) is 0 Å². The van der Waals surface area contributed by atoms with E-state index in [9.17, 15) is 14.4 Å². The second-order valence-electron chi connectivity index (χ2n) is 6.43. The normalized spacial score (nSPS) is 15.6. The lowest BCUT2D eigenvalue weighted by Crippen LogP contribution is -2.36. The SMILES string of the molecule is Cc1ccc(C)c(NC(=O)CN2C(=O)S/C(=C/C=C/c3ccccc3)C2=O)c1. The first-order chi connectivity index (χ1) is 13.4. The number of allylic oxidation sites excluding steroid dienone is 2. The Morgan fingerprint density at radius 1 is 1.11 bits per heavy atom. The summed E-state index contributed by atoms with van der Waals surface area (Å²) in [5.74, 6) is -0.860. The van der Waals surface area contributed by atoms with Gasteiger partial charge in [-0.1, -0.05) is 54.6 Å². The Morgan fingerprint density at radius 3 is 2.61 bits per heavy atom. The molecule has 142 valence electrons. The molecule has 2 aromatic rings. The number of nitrogens with one attached hydrogen (secondary N) is 1. The molecule has 6 heteroatoms. The van der Waals surface area contributed by atoms with E-state index in [0.717, 1.165) is 33.4 Å². The molecule has 3 rings (SSSR count). The average molecular weight is 392 g/mol. The first kappa shape index (κ1) is 19.6. The monoisotopic (exact) mass is 392 g/mol. The highest BCUT2D eigenvalue weighted by molar-refractivity contribution is 8.18. The van der Waals surface area contributed by atoms with Gasteiger partial charge in [-0.2, -0.15) is 0 Å². The molecule has 0 aromatic heterocycles. The molecular weight excluding hydrogens is 372 g/mol. The van der Waals surface area contributed by atoms with E-state index in [1.54, 1.807) is 12.2 Å².